The van der Waals surface area contributed by atoms with Crippen molar-refractivity contribution in [2.24, 2.45) is 0 Å². The third kappa shape index (κ3) is 5.98. The Kier molecular flexibility index (Phi) is 6.54. The van der Waals surface area contributed by atoms with Crippen LogP contribution in [0.2, 0.25) is 18.1 Å². The van der Waals surface area contributed by atoms with E-state index in [4.69, 9.17) is 8.61 Å². The number of rotatable bonds is 7. The summed E-state index contributed by atoms with van der Waals surface area (Å²) in [6, 6.07) is 6.24. The quantitative estimate of drug-likeness (QED) is 0.542. The van der Waals surface area contributed by atoms with E-state index in [1.165, 1.54) is 12.1 Å². The van der Waals surface area contributed by atoms with Crippen molar-refractivity contribution >= 4 is 18.4 Å². The van der Waals surface area contributed by atoms with Gasteiger partial charge in [-0.2, -0.15) is 8.42 Å². The van der Waals surface area contributed by atoms with E-state index in [2.05, 4.69) is 20.8 Å². The molecular weight excluding hydrogens is 335 g/mol. The van der Waals surface area contributed by atoms with Gasteiger partial charge < -0.3 is 4.43 Å². The van der Waals surface area contributed by atoms with Crippen molar-refractivity contribution in [2.75, 3.05) is 13.2 Å². The van der Waals surface area contributed by atoms with Crippen LogP contribution in [0.3, 0.4) is 0 Å². The van der Waals surface area contributed by atoms with Crippen molar-refractivity contribution in [3.63, 3.8) is 0 Å². The predicted molar refractivity (Wildman–Crippen MR) is 92.4 cm³/mol. The topological polar surface area (TPSA) is 52.6 Å². The van der Waals surface area contributed by atoms with E-state index in [0.29, 0.717) is 0 Å². The molecule has 1 rings (SSSR count). The Labute approximate surface area is 140 Å². The zero-order valence-corrected chi connectivity index (χ0v) is 16.5. The standard InChI is InChI=1S/C16H27FO4SSi/c1-13-7-9-15(10-8-13)22(18,19)20-11-14(17)12-21-23(5,6)16(2,3)4/h7-10,14H,11-12H2,1-6H3. The number of hydrogen-bond acceptors (Lipinski definition) is 4. The molecule has 0 radical (unpaired) electrons. The van der Waals surface area contributed by atoms with Gasteiger partial charge in [-0.15, -0.1) is 0 Å². The molecule has 0 N–H and O–H groups in total. The van der Waals surface area contributed by atoms with E-state index in [1.807, 2.05) is 20.0 Å². The average Bonchev–Trinajstić information content (AvgIpc) is 2.42. The number of benzene rings is 1. The molecule has 1 unspecified atom stereocenters. The Morgan fingerprint density at radius 3 is 2.13 bits per heavy atom. The predicted octanol–water partition coefficient (Wildman–Crippen LogP) is 4.06. The summed E-state index contributed by atoms with van der Waals surface area (Å²) in [4.78, 5) is 0.0283. The highest BCUT2D eigenvalue weighted by Crippen LogP contribution is 2.36. The molecule has 0 heterocycles. The highest BCUT2D eigenvalue weighted by atomic mass is 32.2. The lowest BCUT2D eigenvalue weighted by Gasteiger charge is -2.36. The van der Waals surface area contributed by atoms with Crippen LogP contribution in [-0.4, -0.2) is 36.1 Å². The fourth-order valence-corrected chi connectivity index (χ4v) is 3.46. The van der Waals surface area contributed by atoms with Crippen molar-refractivity contribution in [1.29, 1.82) is 0 Å². The maximum Gasteiger partial charge on any atom is 0.297 e. The molecule has 0 bridgehead atoms. The summed E-state index contributed by atoms with van der Waals surface area (Å²) >= 11 is 0. The lowest BCUT2D eigenvalue weighted by molar-refractivity contribution is 0.130. The molecular formula is C16H27FO4SSi. The van der Waals surface area contributed by atoms with Crippen LogP contribution >= 0.6 is 0 Å². The number of halogens is 1. The zero-order chi connectivity index (χ0) is 17.9. The molecule has 1 aromatic carbocycles. The van der Waals surface area contributed by atoms with E-state index < -0.39 is 31.2 Å². The summed E-state index contributed by atoms with van der Waals surface area (Å²) in [5.74, 6) is 0. The first-order chi connectivity index (χ1) is 10.3. The monoisotopic (exact) mass is 362 g/mol. The summed E-state index contributed by atoms with van der Waals surface area (Å²) < 4.78 is 48.4. The van der Waals surface area contributed by atoms with Gasteiger partial charge in [0.2, 0.25) is 0 Å². The molecule has 1 atom stereocenters. The molecule has 1 aromatic rings. The van der Waals surface area contributed by atoms with Crippen LogP contribution < -0.4 is 0 Å². The minimum atomic E-state index is -3.94. The van der Waals surface area contributed by atoms with Gasteiger partial charge in [-0.25, -0.2) is 4.39 Å². The average molecular weight is 363 g/mol. The van der Waals surface area contributed by atoms with Gasteiger partial charge in [-0.3, -0.25) is 4.18 Å². The van der Waals surface area contributed by atoms with E-state index in [0.717, 1.165) is 5.56 Å². The van der Waals surface area contributed by atoms with Crippen molar-refractivity contribution in [2.45, 2.75) is 56.9 Å². The van der Waals surface area contributed by atoms with Crippen LogP contribution in [0.15, 0.2) is 29.2 Å². The number of alkyl halides is 1. The largest absolute Gasteiger partial charge is 0.414 e. The van der Waals surface area contributed by atoms with E-state index in [9.17, 15) is 12.8 Å². The molecule has 132 valence electrons. The number of hydrogen-bond donors (Lipinski definition) is 0. The van der Waals surface area contributed by atoms with E-state index in [-0.39, 0.29) is 16.5 Å². The van der Waals surface area contributed by atoms with Gasteiger partial charge in [-0.05, 0) is 37.2 Å². The molecule has 4 nitrogen and oxygen atoms in total. The van der Waals surface area contributed by atoms with Crippen LogP contribution in [0.25, 0.3) is 0 Å². The Bertz CT molecular complexity index is 606. The van der Waals surface area contributed by atoms with Gasteiger partial charge in [0, 0.05) is 0 Å². The summed E-state index contributed by atoms with van der Waals surface area (Å²) in [6.45, 7) is 11.4. The maximum atomic E-state index is 13.9. The van der Waals surface area contributed by atoms with Gasteiger partial charge >= 0.3 is 0 Å². The molecule has 0 saturated heterocycles. The third-order valence-corrected chi connectivity index (χ3v) is 9.94. The second-order valence-electron chi connectivity index (χ2n) is 7.22. The summed E-state index contributed by atoms with van der Waals surface area (Å²) in [6.07, 6.45) is -1.48. The number of aryl methyl sites for hydroxylation is 1. The molecule has 7 heteroatoms. The second-order valence-corrected chi connectivity index (χ2v) is 13.6. The molecule has 0 amide bonds. The fourth-order valence-electron chi connectivity index (χ4n) is 1.50. The van der Waals surface area contributed by atoms with Gasteiger partial charge in [0.1, 0.15) is 12.8 Å². The van der Waals surface area contributed by atoms with Crippen molar-refractivity contribution in [3.8, 4) is 0 Å². The lowest BCUT2D eigenvalue weighted by Crippen LogP contribution is -2.42. The smallest absolute Gasteiger partial charge is 0.297 e. The van der Waals surface area contributed by atoms with Crippen molar-refractivity contribution in [3.05, 3.63) is 29.8 Å². The Morgan fingerprint density at radius 1 is 1.13 bits per heavy atom. The highest BCUT2D eigenvalue weighted by Gasteiger charge is 2.37. The van der Waals surface area contributed by atoms with Crippen LogP contribution in [-0.2, 0) is 18.7 Å². The van der Waals surface area contributed by atoms with Crippen molar-refractivity contribution in [1.82, 2.24) is 0 Å². The first-order valence-corrected chi connectivity index (χ1v) is 11.9. The van der Waals surface area contributed by atoms with Crippen LogP contribution in [0.1, 0.15) is 26.3 Å². The summed E-state index contributed by atoms with van der Waals surface area (Å²) in [5.41, 5.74) is 0.940. The van der Waals surface area contributed by atoms with Crippen LogP contribution in [0.5, 0.6) is 0 Å². The van der Waals surface area contributed by atoms with Gasteiger partial charge in [0.15, 0.2) is 8.32 Å². The van der Waals surface area contributed by atoms with Gasteiger partial charge in [0.25, 0.3) is 10.1 Å². The van der Waals surface area contributed by atoms with Gasteiger partial charge in [-0.1, -0.05) is 38.5 Å². The first kappa shape index (κ1) is 20.3. The Hall–Kier alpha value is -0.763. The maximum absolute atomic E-state index is 13.9. The van der Waals surface area contributed by atoms with Crippen LogP contribution in [0, 0.1) is 6.92 Å². The molecule has 0 saturated carbocycles. The molecule has 0 spiro atoms. The molecule has 0 aromatic heterocycles. The highest BCUT2D eigenvalue weighted by molar-refractivity contribution is 7.86. The molecule has 0 fully saturated rings. The minimum Gasteiger partial charge on any atom is -0.414 e. The Balaban J connectivity index is 2.56. The Morgan fingerprint density at radius 2 is 1.65 bits per heavy atom. The first-order valence-electron chi connectivity index (χ1n) is 7.59. The fraction of sp³-hybridized carbons (Fsp3) is 0.625. The lowest BCUT2D eigenvalue weighted by atomic mass is 10.2. The van der Waals surface area contributed by atoms with E-state index >= 15 is 0 Å². The van der Waals surface area contributed by atoms with Crippen LogP contribution in [0.4, 0.5) is 4.39 Å². The molecule has 0 aliphatic carbocycles. The normalized spacial score (nSPS) is 14.7. The van der Waals surface area contributed by atoms with E-state index in [1.54, 1.807) is 12.1 Å². The minimum absolute atomic E-state index is 0.0262. The summed E-state index contributed by atoms with van der Waals surface area (Å²) in [7, 11) is -6.00. The second kappa shape index (κ2) is 7.42. The molecule has 0 aliphatic heterocycles. The molecule has 23 heavy (non-hydrogen) atoms. The SMILES string of the molecule is Cc1ccc(S(=O)(=O)OCC(F)CO[Si](C)(C)C(C)(C)C)cc1. The molecule has 0 aliphatic rings. The zero-order valence-electron chi connectivity index (χ0n) is 14.7. The van der Waals surface area contributed by atoms with Gasteiger partial charge in [0.05, 0.1) is 11.5 Å². The summed E-state index contributed by atoms with van der Waals surface area (Å²) in [5, 5.41) is -0.0262. The van der Waals surface area contributed by atoms with Crippen molar-refractivity contribution < 1.29 is 21.4 Å². The third-order valence-electron chi connectivity index (χ3n) is 4.14.